The highest BCUT2D eigenvalue weighted by Crippen LogP contribution is 2.50. The average molecular weight is 453 g/mol. The maximum Gasteiger partial charge on any atom is 0.333 e. The van der Waals surface area contributed by atoms with Crippen LogP contribution in [0.5, 0.6) is 0 Å². The van der Waals surface area contributed by atoms with E-state index < -0.39 is 12.4 Å². The van der Waals surface area contributed by atoms with Gasteiger partial charge in [-0.15, -0.1) is 0 Å². The van der Waals surface area contributed by atoms with E-state index >= 15 is 0 Å². The van der Waals surface area contributed by atoms with E-state index in [9.17, 15) is 4.79 Å². The van der Waals surface area contributed by atoms with Crippen molar-refractivity contribution in [3.63, 3.8) is 0 Å². The molecule has 1 atom stereocenters. The lowest BCUT2D eigenvalue weighted by molar-refractivity contribution is -0.135. The minimum Gasteiger partial charge on any atom is -0.466 e. The molecule has 0 saturated carbocycles. The van der Waals surface area contributed by atoms with E-state index in [2.05, 4.69) is 25.4 Å². The summed E-state index contributed by atoms with van der Waals surface area (Å²) < 4.78 is 16.0. The number of nitrogens with two attached hydrogens (primary N) is 1. The summed E-state index contributed by atoms with van der Waals surface area (Å²) >= 11 is 9.14. The molecule has 2 rings (SSSR count). The molecule has 0 bridgehead atoms. The molecule has 0 amide bonds. The van der Waals surface area contributed by atoms with E-state index in [1.807, 2.05) is 54.6 Å². The van der Waals surface area contributed by atoms with Crippen molar-refractivity contribution < 1.29 is 14.1 Å². The molecule has 26 heavy (non-hydrogen) atoms. The third-order valence-corrected chi connectivity index (χ3v) is 6.85. The average Bonchev–Trinajstić information content (AvgIpc) is 2.62. The van der Waals surface area contributed by atoms with Crippen molar-refractivity contribution in [2.75, 3.05) is 7.11 Å². The van der Waals surface area contributed by atoms with Crippen LogP contribution in [0, 0.1) is 0 Å². The summed E-state index contributed by atoms with van der Waals surface area (Å²) in [6.45, 7) is 1.63. The molecule has 0 aliphatic rings. The van der Waals surface area contributed by atoms with Gasteiger partial charge in [0.25, 0.3) is 6.42 Å². The van der Waals surface area contributed by atoms with Crippen LogP contribution in [-0.2, 0) is 25.9 Å². The molecule has 0 aliphatic carbocycles. The maximum atomic E-state index is 11.5. The van der Waals surface area contributed by atoms with Crippen LogP contribution in [0.2, 0.25) is 0 Å². The minimum absolute atomic E-state index is 0.274. The Morgan fingerprint density at radius 2 is 1.81 bits per heavy atom. The normalized spacial score (nSPS) is 14.4. The van der Waals surface area contributed by atoms with Gasteiger partial charge in [-0.3, -0.25) is 0 Å². The van der Waals surface area contributed by atoms with Gasteiger partial charge in [0, 0.05) is 15.3 Å². The second-order valence-electron chi connectivity index (χ2n) is 5.22. The van der Waals surface area contributed by atoms with Crippen LogP contribution in [0.15, 0.2) is 75.7 Å². The maximum absolute atomic E-state index is 11.5. The molecule has 1 unspecified atom stereocenters. The van der Waals surface area contributed by atoms with Crippen molar-refractivity contribution in [2.24, 2.45) is 10.5 Å². The van der Waals surface area contributed by atoms with Gasteiger partial charge in [-0.1, -0.05) is 46.3 Å². The molecule has 0 saturated heterocycles. The molecule has 0 spiro atoms. The smallest absolute Gasteiger partial charge is 0.333 e. The molecule has 5 nitrogen and oxygen atoms in total. The fraction of sp³-hybridized carbons (Fsp3) is 0.111. The Hall–Kier alpha value is -1.95. The van der Waals surface area contributed by atoms with E-state index in [1.54, 1.807) is 6.92 Å². The topological polar surface area (TPSA) is 73.9 Å². The van der Waals surface area contributed by atoms with Gasteiger partial charge in [0.05, 0.1) is 13.2 Å². The number of hydrogen-bond donors (Lipinski definition) is 1. The second-order valence-corrected chi connectivity index (χ2v) is 9.56. The third kappa shape index (κ3) is 5.53. The standard InChI is InChI=1S/C18H18BrN2O3PS/c1-13(12-17(22)23-2)24-25(26,16-6-4-3-5-7-16)21-18(20)14-8-10-15(19)11-9-14/h3-12H,1-2H3,(H2,20,21,26). The highest BCUT2D eigenvalue weighted by Gasteiger charge is 2.23. The Bertz CT molecular complexity index is 883. The number of carbonyl (C=O) groups is 1. The lowest BCUT2D eigenvalue weighted by Gasteiger charge is -2.20. The number of methoxy groups -OCH3 is 1. The van der Waals surface area contributed by atoms with E-state index in [4.69, 9.17) is 22.1 Å². The van der Waals surface area contributed by atoms with Crippen molar-refractivity contribution in [1.29, 1.82) is 0 Å². The first-order valence-electron chi connectivity index (χ1n) is 7.57. The molecular formula is C18H18BrN2O3PS. The van der Waals surface area contributed by atoms with Crippen molar-refractivity contribution in [2.45, 2.75) is 6.92 Å². The molecule has 2 N–H and O–H groups in total. The number of amidine groups is 1. The number of hydrogen-bond acceptors (Lipinski definition) is 4. The van der Waals surface area contributed by atoms with E-state index in [-0.39, 0.29) is 5.84 Å². The number of halogens is 1. The molecular weight excluding hydrogens is 435 g/mol. The summed E-state index contributed by atoms with van der Waals surface area (Å²) in [5, 5.41) is 0.729. The lowest BCUT2D eigenvalue weighted by Crippen LogP contribution is -2.16. The summed E-state index contributed by atoms with van der Waals surface area (Å²) in [5.41, 5.74) is 6.91. The molecule has 0 heterocycles. The van der Waals surface area contributed by atoms with Gasteiger partial charge in [-0.25, -0.2) is 4.79 Å². The zero-order chi connectivity index (χ0) is 19.2. The summed E-state index contributed by atoms with van der Waals surface area (Å²) in [4.78, 5) is 11.5. The number of carbonyl (C=O) groups excluding carboxylic acids is 1. The number of allylic oxidation sites excluding steroid dienone is 1. The predicted octanol–water partition coefficient (Wildman–Crippen LogP) is 3.88. The Labute approximate surface area is 166 Å². The van der Waals surface area contributed by atoms with Crippen LogP contribution in [-0.4, -0.2) is 18.9 Å². The quantitative estimate of drug-likeness (QED) is 0.180. The number of esters is 1. The number of benzene rings is 2. The van der Waals surface area contributed by atoms with Crippen LogP contribution < -0.4 is 11.0 Å². The molecule has 2 aromatic rings. The molecule has 2 aromatic carbocycles. The minimum atomic E-state index is -2.92. The van der Waals surface area contributed by atoms with Crippen LogP contribution in [0.3, 0.4) is 0 Å². The van der Waals surface area contributed by atoms with Crippen molar-refractivity contribution in [3.8, 4) is 0 Å². The molecule has 0 aliphatic heterocycles. The SMILES string of the molecule is COC(=O)C=C(C)OP(=S)(N=C(N)c1ccc(Br)cc1)c1ccccc1. The number of rotatable bonds is 6. The molecule has 8 heteroatoms. The zero-order valence-corrected chi connectivity index (χ0v) is 17.6. The monoisotopic (exact) mass is 452 g/mol. The Morgan fingerprint density at radius 1 is 1.19 bits per heavy atom. The van der Waals surface area contributed by atoms with Gasteiger partial charge in [-0.2, -0.15) is 4.76 Å². The molecule has 0 aromatic heterocycles. The predicted molar refractivity (Wildman–Crippen MR) is 112 cm³/mol. The Morgan fingerprint density at radius 3 is 2.38 bits per heavy atom. The third-order valence-electron chi connectivity index (χ3n) is 3.25. The zero-order valence-electron chi connectivity index (χ0n) is 14.3. The highest BCUT2D eigenvalue weighted by molar-refractivity contribution is 9.10. The van der Waals surface area contributed by atoms with E-state index in [1.165, 1.54) is 13.2 Å². The Kier molecular flexibility index (Phi) is 7.14. The first-order chi connectivity index (χ1) is 12.3. The van der Waals surface area contributed by atoms with Crippen LogP contribution >= 0.6 is 22.3 Å². The van der Waals surface area contributed by atoms with Gasteiger partial charge < -0.3 is 15.0 Å². The van der Waals surface area contributed by atoms with Gasteiger partial charge in [0.1, 0.15) is 11.6 Å². The van der Waals surface area contributed by atoms with Gasteiger partial charge in [0.15, 0.2) is 0 Å². The fourth-order valence-electron chi connectivity index (χ4n) is 2.01. The van der Waals surface area contributed by atoms with Crippen LogP contribution in [0.4, 0.5) is 0 Å². The first kappa shape index (κ1) is 20.4. The summed E-state index contributed by atoms with van der Waals surface area (Å²) in [5.74, 6) is 0.0638. The van der Waals surface area contributed by atoms with E-state index in [0.717, 1.165) is 15.3 Å². The van der Waals surface area contributed by atoms with Gasteiger partial charge in [0.2, 0.25) is 0 Å². The molecule has 0 radical (unpaired) electrons. The Balaban J connectivity index is 2.46. The van der Waals surface area contributed by atoms with Crippen molar-refractivity contribution in [1.82, 2.24) is 0 Å². The first-order valence-corrected chi connectivity index (χ1v) is 11.0. The highest BCUT2D eigenvalue weighted by atomic mass is 79.9. The van der Waals surface area contributed by atoms with Crippen molar-refractivity contribution in [3.05, 3.63) is 76.5 Å². The van der Waals surface area contributed by atoms with Crippen LogP contribution in [0.1, 0.15) is 12.5 Å². The number of nitrogens with zero attached hydrogens (tertiary/aromatic N) is 1. The largest absolute Gasteiger partial charge is 0.466 e. The molecule has 0 fully saturated rings. The second kappa shape index (κ2) is 9.12. The van der Waals surface area contributed by atoms with Gasteiger partial charge in [-0.05, 0) is 43.0 Å². The molecule has 136 valence electrons. The summed E-state index contributed by atoms with van der Waals surface area (Å²) in [6.07, 6.45) is -1.69. The summed E-state index contributed by atoms with van der Waals surface area (Å²) in [6, 6.07) is 16.7. The van der Waals surface area contributed by atoms with Gasteiger partial charge >= 0.3 is 5.97 Å². The van der Waals surface area contributed by atoms with Crippen LogP contribution in [0.25, 0.3) is 0 Å². The van der Waals surface area contributed by atoms with E-state index in [0.29, 0.717) is 5.76 Å². The van der Waals surface area contributed by atoms with Crippen molar-refractivity contribution >= 4 is 51.3 Å². The summed E-state index contributed by atoms with van der Waals surface area (Å²) in [7, 11) is 1.29. The number of ether oxygens (including phenoxy) is 1. The lowest BCUT2D eigenvalue weighted by atomic mass is 10.2. The fourth-order valence-corrected chi connectivity index (χ4v) is 4.91.